The monoisotopic (exact) mass is 263 g/mol. The molecule has 0 aliphatic heterocycles. The van der Waals surface area contributed by atoms with Gasteiger partial charge in [0, 0.05) is 25.4 Å². The molecule has 0 amide bonds. The molecule has 0 spiro atoms. The SMILES string of the molecule is CCCCC(CN)[Si](OCC)(OCC)OCC. The van der Waals surface area contributed by atoms with Crippen LogP contribution in [-0.2, 0) is 13.3 Å². The third-order valence-electron chi connectivity index (χ3n) is 2.73. The Kier molecular flexibility index (Phi) is 10.1. The molecule has 17 heavy (non-hydrogen) atoms. The molecule has 0 aromatic rings. The van der Waals surface area contributed by atoms with Gasteiger partial charge in [0.25, 0.3) is 0 Å². The van der Waals surface area contributed by atoms with Crippen LogP contribution in [-0.4, -0.2) is 35.2 Å². The third-order valence-corrected chi connectivity index (χ3v) is 6.32. The minimum absolute atomic E-state index is 0.224. The second kappa shape index (κ2) is 10.0. The van der Waals surface area contributed by atoms with Crippen molar-refractivity contribution in [3.05, 3.63) is 0 Å². The number of hydrogen-bond acceptors (Lipinski definition) is 4. The first-order chi connectivity index (χ1) is 8.20. The first-order valence-electron chi connectivity index (χ1n) is 6.82. The fraction of sp³-hybridized carbons (Fsp3) is 1.00. The molecule has 104 valence electrons. The largest absolute Gasteiger partial charge is 0.505 e. The Hall–Kier alpha value is 0.0569. The van der Waals surface area contributed by atoms with Crippen molar-refractivity contribution in [1.29, 1.82) is 0 Å². The molecular formula is C12H29NO3Si. The highest BCUT2D eigenvalue weighted by Gasteiger charge is 2.47. The van der Waals surface area contributed by atoms with Gasteiger partial charge in [-0.3, -0.25) is 0 Å². The van der Waals surface area contributed by atoms with E-state index < -0.39 is 8.80 Å². The van der Waals surface area contributed by atoms with Gasteiger partial charge in [-0.1, -0.05) is 19.8 Å². The molecule has 0 rings (SSSR count). The predicted molar refractivity (Wildman–Crippen MR) is 73.0 cm³/mol. The fourth-order valence-corrected chi connectivity index (χ4v) is 4.98. The molecular weight excluding hydrogens is 234 g/mol. The summed E-state index contributed by atoms with van der Waals surface area (Å²) in [5.41, 5.74) is 6.11. The summed E-state index contributed by atoms with van der Waals surface area (Å²) >= 11 is 0. The predicted octanol–water partition coefficient (Wildman–Crippen LogP) is 2.55. The van der Waals surface area contributed by atoms with Gasteiger partial charge >= 0.3 is 8.80 Å². The van der Waals surface area contributed by atoms with Crippen molar-refractivity contribution in [3.8, 4) is 0 Å². The van der Waals surface area contributed by atoms with Gasteiger partial charge in [0.2, 0.25) is 0 Å². The third kappa shape index (κ3) is 5.48. The van der Waals surface area contributed by atoms with E-state index in [-0.39, 0.29) is 5.54 Å². The zero-order valence-electron chi connectivity index (χ0n) is 11.8. The summed E-state index contributed by atoms with van der Waals surface area (Å²) in [6.07, 6.45) is 3.33. The van der Waals surface area contributed by atoms with Crippen LogP contribution in [0.25, 0.3) is 0 Å². The lowest BCUT2D eigenvalue weighted by Crippen LogP contribution is -2.52. The highest BCUT2D eigenvalue weighted by Crippen LogP contribution is 2.30. The molecule has 1 atom stereocenters. The fourth-order valence-electron chi connectivity index (χ4n) is 1.97. The Bertz CT molecular complexity index is 164. The van der Waals surface area contributed by atoms with E-state index >= 15 is 0 Å². The van der Waals surface area contributed by atoms with Crippen LogP contribution >= 0.6 is 0 Å². The van der Waals surface area contributed by atoms with E-state index in [0.29, 0.717) is 26.4 Å². The summed E-state index contributed by atoms with van der Waals surface area (Å²) in [7, 11) is -2.59. The lowest BCUT2D eigenvalue weighted by Gasteiger charge is -2.34. The van der Waals surface area contributed by atoms with Gasteiger partial charge in [0.05, 0.1) is 0 Å². The molecule has 0 fully saturated rings. The molecule has 0 saturated carbocycles. The van der Waals surface area contributed by atoms with E-state index in [0.717, 1.165) is 19.3 Å². The minimum Gasteiger partial charge on any atom is -0.374 e. The Labute approximate surface area is 107 Å². The van der Waals surface area contributed by atoms with E-state index in [1.54, 1.807) is 0 Å². The Balaban J connectivity index is 4.76. The van der Waals surface area contributed by atoms with Crippen LogP contribution in [0.15, 0.2) is 0 Å². The topological polar surface area (TPSA) is 53.7 Å². The van der Waals surface area contributed by atoms with Crippen molar-refractivity contribution in [3.63, 3.8) is 0 Å². The maximum absolute atomic E-state index is 5.89. The number of rotatable bonds is 11. The Morgan fingerprint density at radius 3 is 1.71 bits per heavy atom. The number of unbranched alkanes of at least 4 members (excludes halogenated alkanes) is 1. The highest BCUT2D eigenvalue weighted by atomic mass is 28.4. The van der Waals surface area contributed by atoms with Crippen molar-refractivity contribution >= 4 is 8.80 Å². The maximum Gasteiger partial charge on any atom is 0.505 e. The summed E-state index contributed by atoms with van der Waals surface area (Å²) in [5, 5.41) is 0. The smallest absolute Gasteiger partial charge is 0.374 e. The van der Waals surface area contributed by atoms with Gasteiger partial charge in [-0.15, -0.1) is 0 Å². The molecule has 0 heterocycles. The Morgan fingerprint density at radius 1 is 0.941 bits per heavy atom. The second-order valence-electron chi connectivity index (χ2n) is 3.98. The molecule has 2 N–H and O–H groups in total. The second-order valence-corrected chi connectivity index (χ2v) is 6.87. The molecule has 0 aromatic carbocycles. The standard InChI is InChI=1S/C12H29NO3Si/c1-5-9-10-12(11-13)17(14-6-2,15-7-3)16-8-4/h12H,5-11,13H2,1-4H3. The van der Waals surface area contributed by atoms with E-state index in [1.807, 2.05) is 20.8 Å². The first-order valence-corrected chi connectivity index (χ1v) is 8.62. The summed E-state index contributed by atoms with van der Waals surface area (Å²) < 4.78 is 17.6. The molecule has 5 heteroatoms. The van der Waals surface area contributed by atoms with E-state index in [9.17, 15) is 0 Å². The van der Waals surface area contributed by atoms with Crippen molar-refractivity contribution in [2.75, 3.05) is 26.4 Å². The van der Waals surface area contributed by atoms with Gasteiger partial charge in [-0.05, 0) is 33.7 Å². The van der Waals surface area contributed by atoms with Crippen LogP contribution in [0.4, 0.5) is 0 Å². The summed E-state index contributed by atoms with van der Waals surface area (Å²) in [6, 6.07) is 0. The van der Waals surface area contributed by atoms with Gasteiger partial charge in [-0.25, -0.2) is 0 Å². The molecule has 0 bridgehead atoms. The normalized spacial score (nSPS) is 13.9. The molecule has 0 radical (unpaired) electrons. The van der Waals surface area contributed by atoms with Crippen molar-refractivity contribution in [2.45, 2.75) is 52.5 Å². The number of hydrogen-bond donors (Lipinski definition) is 1. The zero-order chi connectivity index (χ0) is 13.1. The number of nitrogens with two attached hydrogens (primary N) is 1. The summed E-state index contributed by atoms with van der Waals surface area (Å²) in [6.45, 7) is 10.6. The van der Waals surface area contributed by atoms with E-state index in [4.69, 9.17) is 19.0 Å². The lowest BCUT2D eigenvalue weighted by molar-refractivity contribution is 0.0603. The minimum atomic E-state index is -2.59. The molecule has 0 aromatic heterocycles. The average Bonchev–Trinajstić information content (AvgIpc) is 2.31. The molecule has 4 nitrogen and oxygen atoms in total. The maximum atomic E-state index is 5.89. The van der Waals surface area contributed by atoms with Gasteiger partial charge in [0.15, 0.2) is 0 Å². The molecule has 1 unspecified atom stereocenters. The lowest BCUT2D eigenvalue weighted by atomic mass is 10.2. The zero-order valence-corrected chi connectivity index (χ0v) is 12.8. The van der Waals surface area contributed by atoms with Crippen LogP contribution in [0.5, 0.6) is 0 Å². The summed E-state index contributed by atoms with van der Waals surface area (Å²) in [4.78, 5) is 0. The molecule has 0 aliphatic carbocycles. The van der Waals surface area contributed by atoms with Crippen LogP contribution < -0.4 is 5.73 Å². The molecule has 0 saturated heterocycles. The van der Waals surface area contributed by atoms with E-state index in [1.165, 1.54) is 0 Å². The van der Waals surface area contributed by atoms with Crippen molar-refractivity contribution in [1.82, 2.24) is 0 Å². The van der Waals surface area contributed by atoms with Crippen molar-refractivity contribution in [2.24, 2.45) is 5.73 Å². The van der Waals surface area contributed by atoms with Gasteiger partial charge in [0.1, 0.15) is 0 Å². The van der Waals surface area contributed by atoms with E-state index in [2.05, 4.69) is 6.92 Å². The van der Waals surface area contributed by atoms with Crippen LogP contribution in [0, 0.1) is 0 Å². The molecule has 0 aliphatic rings. The summed E-state index contributed by atoms with van der Waals surface area (Å²) in [5.74, 6) is 0. The van der Waals surface area contributed by atoms with Crippen LogP contribution in [0.2, 0.25) is 5.54 Å². The first kappa shape index (κ1) is 17.1. The average molecular weight is 263 g/mol. The highest BCUT2D eigenvalue weighted by molar-refractivity contribution is 6.62. The van der Waals surface area contributed by atoms with Crippen LogP contribution in [0.1, 0.15) is 47.0 Å². The quantitative estimate of drug-likeness (QED) is 0.582. The Morgan fingerprint density at radius 2 is 1.41 bits per heavy atom. The van der Waals surface area contributed by atoms with Gasteiger partial charge < -0.3 is 19.0 Å². The van der Waals surface area contributed by atoms with Crippen molar-refractivity contribution < 1.29 is 13.3 Å². The van der Waals surface area contributed by atoms with Crippen LogP contribution in [0.3, 0.4) is 0 Å². The van der Waals surface area contributed by atoms with Gasteiger partial charge in [-0.2, -0.15) is 0 Å².